The second kappa shape index (κ2) is 9.50. The van der Waals surface area contributed by atoms with Gasteiger partial charge in [-0.3, -0.25) is 4.79 Å². The van der Waals surface area contributed by atoms with E-state index in [2.05, 4.69) is 9.47 Å². The SMILES string of the molecule is CCOC(=O)C(NC(=O)c1c(F)cccc1F)(Nc1ccc(OC(F)(F)F)cc1)C(F)(F)F. The van der Waals surface area contributed by atoms with Crippen molar-refractivity contribution in [3.8, 4) is 5.75 Å². The Bertz CT molecular complexity index is 988. The third-order valence-electron chi connectivity index (χ3n) is 3.92. The number of carbonyl (C=O) groups excluding carboxylic acids is 2. The van der Waals surface area contributed by atoms with E-state index in [9.17, 15) is 44.7 Å². The average Bonchev–Trinajstić information content (AvgIpc) is 2.67. The van der Waals surface area contributed by atoms with E-state index in [0.717, 1.165) is 13.0 Å². The highest BCUT2D eigenvalue weighted by Gasteiger charge is 2.64. The summed E-state index contributed by atoms with van der Waals surface area (Å²) >= 11 is 0. The predicted molar refractivity (Wildman–Crippen MR) is 96.0 cm³/mol. The summed E-state index contributed by atoms with van der Waals surface area (Å²) in [5.41, 5.74) is -6.10. The molecule has 0 aliphatic rings. The number of carbonyl (C=O) groups is 2. The molecule has 0 spiro atoms. The van der Waals surface area contributed by atoms with Crippen LogP contribution in [0.5, 0.6) is 5.75 Å². The summed E-state index contributed by atoms with van der Waals surface area (Å²) in [6.07, 6.45) is -10.7. The van der Waals surface area contributed by atoms with Crippen LogP contribution in [0.3, 0.4) is 0 Å². The highest BCUT2D eigenvalue weighted by Crippen LogP contribution is 2.34. The molecule has 0 saturated heterocycles. The number of alkyl halides is 6. The van der Waals surface area contributed by atoms with Crippen LogP contribution >= 0.6 is 0 Å². The maximum atomic E-state index is 14.1. The van der Waals surface area contributed by atoms with Crippen molar-refractivity contribution in [2.75, 3.05) is 11.9 Å². The zero-order valence-corrected chi connectivity index (χ0v) is 16.4. The highest BCUT2D eigenvalue weighted by molar-refractivity contribution is 6.00. The Labute approximate surface area is 180 Å². The topological polar surface area (TPSA) is 76.7 Å². The first kappa shape index (κ1) is 25.7. The molecule has 2 aromatic rings. The standard InChI is InChI=1S/C19H14F8N2O4/c1-2-32-16(31)17(18(22,23)24,29-15(30)14-12(20)4-3-5-13(14)21)28-10-6-8-11(9-7-10)33-19(25,26)27/h3-9,28H,2H2,1H3,(H,29,30). The summed E-state index contributed by atoms with van der Waals surface area (Å²) in [7, 11) is 0. The predicted octanol–water partition coefficient (Wildman–Crippen LogP) is 4.53. The lowest BCUT2D eigenvalue weighted by molar-refractivity contribution is -0.274. The Morgan fingerprint density at radius 2 is 1.45 bits per heavy atom. The quantitative estimate of drug-likeness (QED) is 0.342. The Balaban J connectivity index is 2.51. The molecular formula is C19H14F8N2O4. The molecule has 1 unspecified atom stereocenters. The lowest BCUT2D eigenvalue weighted by Crippen LogP contribution is -2.69. The van der Waals surface area contributed by atoms with Gasteiger partial charge in [0.15, 0.2) is 0 Å². The summed E-state index contributed by atoms with van der Waals surface area (Å²) in [6.45, 7) is 0.571. The van der Waals surface area contributed by atoms with E-state index in [1.165, 1.54) is 5.32 Å². The summed E-state index contributed by atoms with van der Waals surface area (Å²) in [5, 5.41) is 2.85. The smallest absolute Gasteiger partial charge is 0.463 e. The molecule has 0 radical (unpaired) electrons. The van der Waals surface area contributed by atoms with Crippen molar-refractivity contribution in [1.82, 2.24) is 5.32 Å². The molecule has 2 N–H and O–H groups in total. The molecule has 0 aromatic heterocycles. The zero-order chi connectivity index (χ0) is 25.0. The monoisotopic (exact) mass is 486 g/mol. The Hall–Kier alpha value is -3.58. The number of anilines is 1. The normalized spacial score (nSPS) is 13.6. The van der Waals surface area contributed by atoms with E-state index in [0.29, 0.717) is 36.4 Å². The molecule has 1 atom stereocenters. The molecule has 0 bridgehead atoms. The van der Waals surface area contributed by atoms with Crippen LogP contribution in [0, 0.1) is 11.6 Å². The molecule has 0 fully saturated rings. The van der Waals surface area contributed by atoms with Crippen LogP contribution in [0.25, 0.3) is 0 Å². The van der Waals surface area contributed by atoms with Crippen LogP contribution in [0.2, 0.25) is 0 Å². The van der Waals surface area contributed by atoms with Crippen LogP contribution < -0.4 is 15.4 Å². The molecule has 2 aromatic carbocycles. The average molecular weight is 486 g/mol. The summed E-state index contributed by atoms with van der Waals surface area (Å²) in [5.74, 6) is -7.87. The van der Waals surface area contributed by atoms with E-state index in [1.807, 2.05) is 0 Å². The van der Waals surface area contributed by atoms with Crippen molar-refractivity contribution in [3.63, 3.8) is 0 Å². The van der Waals surface area contributed by atoms with Crippen molar-refractivity contribution < 1.29 is 54.2 Å². The summed E-state index contributed by atoms with van der Waals surface area (Å²) in [4.78, 5) is 24.7. The van der Waals surface area contributed by atoms with Crippen LogP contribution in [0.1, 0.15) is 17.3 Å². The third kappa shape index (κ3) is 6.02. The zero-order valence-electron chi connectivity index (χ0n) is 16.4. The summed E-state index contributed by atoms with van der Waals surface area (Å²) < 4.78 is 115. The minimum Gasteiger partial charge on any atom is -0.463 e. The van der Waals surface area contributed by atoms with Gasteiger partial charge in [-0.2, -0.15) is 13.2 Å². The van der Waals surface area contributed by atoms with Gasteiger partial charge in [0, 0.05) is 5.69 Å². The van der Waals surface area contributed by atoms with Gasteiger partial charge in [0.25, 0.3) is 5.91 Å². The number of hydrogen-bond donors (Lipinski definition) is 2. The van der Waals surface area contributed by atoms with E-state index in [4.69, 9.17) is 0 Å². The number of hydrogen-bond acceptors (Lipinski definition) is 5. The largest absolute Gasteiger partial charge is 0.573 e. The molecule has 0 heterocycles. The van der Waals surface area contributed by atoms with Gasteiger partial charge in [0.2, 0.25) is 0 Å². The van der Waals surface area contributed by atoms with Gasteiger partial charge in [-0.05, 0) is 43.3 Å². The Morgan fingerprint density at radius 1 is 0.909 bits per heavy atom. The van der Waals surface area contributed by atoms with Crippen LogP contribution in [0.4, 0.5) is 40.8 Å². The second-order valence-corrected chi connectivity index (χ2v) is 6.22. The molecule has 0 aliphatic heterocycles. The fraction of sp³-hybridized carbons (Fsp3) is 0.263. The molecule has 33 heavy (non-hydrogen) atoms. The fourth-order valence-corrected chi connectivity index (χ4v) is 2.53. The van der Waals surface area contributed by atoms with Crippen molar-refractivity contribution in [1.29, 1.82) is 0 Å². The van der Waals surface area contributed by atoms with E-state index in [1.54, 1.807) is 5.32 Å². The van der Waals surface area contributed by atoms with Gasteiger partial charge in [-0.1, -0.05) is 6.07 Å². The van der Waals surface area contributed by atoms with Gasteiger partial charge in [-0.25, -0.2) is 13.6 Å². The van der Waals surface area contributed by atoms with Crippen molar-refractivity contribution in [2.24, 2.45) is 0 Å². The van der Waals surface area contributed by atoms with Crippen molar-refractivity contribution in [2.45, 2.75) is 25.1 Å². The molecule has 1 amide bonds. The third-order valence-corrected chi connectivity index (χ3v) is 3.92. The molecule has 2 rings (SSSR count). The van der Waals surface area contributed by atoms with Gasteiger partial charge >= 0.3 is 24.2 Å². The van der Waals surface area contributed by atoms with E-state index in [-0.39, 0.29) is 0 Å². The maximum Gasteiger partial charge on any atom is 0.573 e. The minimum absolute atomic E-state index is 0.583. The first-order chi connectivity index (χ1) is 15.2. The summed E-state index contributed by atoms with van der Waals surface area (Å²) in [6, 6.07) is 4.66. The van der Waals surface area contributed by atoms with Crippen molar-refractivity contribution in [3.05, 3.63) is 59.7 Å². The molecule has 0 saturated carbocycles. The molecule has 0 aliphatic carbocycles. The molecular weight excluding hydrogens is 472 g/mol. The van der Waals surface area contributed by atoms with Gasteiger partial charge in [-0.15, -0.1) is 13.2 Å². The van der Waals surface area contributed by atoms with Crippen LogP contribution in [0.15, 0.2) is 42.5 Å². The van der Waals surface area contributed by atoms with E-state index >= 15 is 0 Å². The van der Waals surface area contributed by atoms with Crippen LogP contribution in [-0.4, -0.2) is 36.7 Å². The fourth-order valence-electron chi connectivity index (χ4n) is 2.53. The van der Waals surface area contributed by atoms with Crippen molar-refractivity contribution >= 4 is 17.6 Å². The lowest BCUT2D eigenvalue weighted by Gasteiger charge is -2.35. The molecule has 180 valence electrons. The van der Waals surface area contributed by atoms with Gasteiger partial charge < -0.3 is 20.1 Å². The number of nitrogens with one attached hydrogen (secondary N) is 2. The number of esters is 1. The Morgan fingerprint density at radius 3 is 1.91 bits per heavy atom. The number of rotatable bonds is 7. The number of ether oxygens (including phenoxy) is 2. The molecule has 14 heteroatoms. The highest BCUT2D eigenvalue weighted by atomic mass is 19.4. The maximum absolute atomic E-state index is 14.1. The first-order valence-corrected chi connectivity index (χ1v) is 8.84. The second-order valence-electron chi connectivity index (χ2n) is 6.22. The minimum atomic E-state index is -5.65. The number of halogens is 8. The number of benzene rings is 2. The molecule has 6 nitrogen and oxygen atoms in total. The van der Waals surface area contributed by atoms with Gasteiger partial charge in [0.1, 0.15) is 22.9 Å². The first-order valence-electron chi connectivity index (χ1n) is 8.84. The van der Waals surface area contributed by atoms with Crippen LogP contribution in [-0.2, 0) is 9.53 Å². The lowest BCUT2D eigenvalue weighted by atomic mass is 10.1. The van der Waals surface area contributed by atoms with Gasteiger partial charge in [0.05, 0.1) is 6.61 Å². The van der Waals surface area contributed by atoms with E-state index < -0.39 is 65.3 Å². The Kier molecular flexibility index (Phi) is 7.39. The number of amides is 1.